The van der Waals surface area contributed by atoms with E-state index < -0.39 is 15.7 Å². The molecule has 1 aromatic heterocycles. The Morgan fingerprint density at radius 1 is 1.22 bits per heavy atom. The Morgan fingerprint density at radius 2 is 1.91 bits per heavy atom. The molecule has 0 atom stereocenters. The Labute approximate surface area is 135 Å². The fourth-order valence-electron chi connectivity index (χ4n) is 3.25. The van der Waals surface area contributed by atoms with E-state index in [0.29, 0.717) is 23.1 Å². The molecule has 3 rings (SSSR count). The summed E-state index contributed by atoms with van der Waals surface area (Å²) in [6.45, 7) is 1.77. The average molecular weight is 337 g/mol. The normalized spacial score (nSPS) is 16.7. The highest BCUT2D eigenvalue weighted by Crippen LogP contribution is 2.38. The zero-order valence-electron chi connectivity index (χ0n) is 13.3. The molecule has 0 amide bonds. The van der Waals surface area contributed by atoms with Crippen LogP contribution in [0.2, 0.25) is 0 Å². The number of aryl methyl sites for hydroxylation is 1. The van der Waals surface area contributed by atoms with E-state index in [1.165, 1.54) is 18.6 Å². The zero-order chi connectivity index (χ0) is 16.6. The fourth-order valence-corrected chi connectivity index (χ4v) is 3.97. The minimum atomic E-state index is -3.58. The summed E-state index contributed by atoms with van der Waals surface area (Å²) in [5.41, 5.74) is 1.41. The van der Waals surface area contributed by atoms with Crippen molar-refractivity contribution in [2.75, 3.05) is 6.26 Å². The molecule has 0 spiro atoms. The van der Waals surface area contributed by atoms with Gasteiger partial charge in [0, 0.05) is 24.7 Å². The average Bonchev–Trinajstić information content (AvgIpc) is 2.89. The summed E-state index contributed by atoms with van der Waals surface area (Å²) in [5, 5.41) is 0. The van der Waals surface area contributed by atoms with Crippen LogP contribution in [-0.2, 0) is 9.84 Å². The van der Waals surface area contributed by atoms with E-state index in [1.807, 2.05) is 0 Å². The van der Waals surface area contributed by atoms with Crippen molar-refractivity contribution in [3.8, 4) is 11.3 Å². The van der Waals surface area contributed by atoms with Crippen LogP contribution < -0.4 is 0 Å². The van der Waals surface area contributed by atoms with Crippen LogP contribution in [0.3, 0.4) is 0 Å². The number of sulfone groups is 1. The van der Waals surface area contributed by atoms with Crippen LogP contribution in [0, 0.1) is 12.7 Å². The van der Waals surface area contributed by atoms with Gasteiger partial charge in [-0.15, -0.1) is 0 Å². The van der Waals surface area contributed by atoms with E-state index in [0.717, 1.165) is 37.6 Å². The van der Waals surface area contributed by atoms with Crippen molar-refractivity contribution in [1.82, 2.24) is 4.98 Å². The van der Waals surface area contributed by atoms with Gasteiger partial charge in [-0.1, -0.05) is 19.3 Å². The van der Waals surface area contributed by atoms with Crippen LogP contribution >= 0.6 is 0 Å². The summed E-state index contributed by atoms with van der Waals surface area (Å²) in [6, 6.07) is 4.11. The van der Waals surface area contributed by atoms with Gasteiger partial charge in [-0.25, -0.2) is 17.8 Å². The predicted octanol–water partition coefficient (Wildman–Crippen LogP) is 4.24. The number of hydrogen-bond donors (Lipinski definition) is 0. The molecule has 1 heterocycles. The van der Waals surface area contributed by atoms with Crippen LogP contribution in [0.25, 0.3) is 11.3 Å². The third-order valence-corrected chi connectivity index (χ3v) is 5.48. The smallest absolute Gasteiger partial charge is 0.192 e. The van der Waals surface area contributed by atoms with Crippen molar-refractivity contribution in [3.05, 3.63) is 35.6 Å². The minimum absolute atomic E-state index is 0.295. The predicted molar refractivity (Wildman–Crippen MR) is 85.6 cm³/mol. The molecule has 1 saturated carbocycles. The molecule has 1 aliphatic rings. The first-order valence-corrected chi connectivity index (χ1v) is 9.72. The van der Waals surface area contributed by atoms with Gasteiger partial charge in [0.2, 0.25) is 0 Å². The fraction of sp³-hybridized carbons (Fsp3) is 0.471. The lowest BCUT2D eigenvalue weighted by atomic mass is 9.85. The van der Waals surface area contributed by atoms with Crippen molar-refractivity contribution >= 4 is 9.84 Å². The maximum Gasteiger partial charge on any atom is 0.192 e. The number of aromatic nitrogens is 1. The molecule has 1 aromatic carbocycles. The standard InChI is InChI=1S/C17H20FNO3S/c1-11-19-16(12-6-4-3-5-7-12)17(22-11)13-8-9-15(14(18)10-13)23(2,20)21/h8-10,12H,3-7H2,1-2H3. The summed E-state index contributed by atoms with van der Waals surface area (Å²) in [5.74, 6) is 0.684. The van der Waals surface area contributed by atoms with Crippen molar-refractivity contribution in [3.63, 3.8) is 0 Å². The Kier molecular flexibility index (Phi) is 4.27. The van der Waals surface area contributed by atoms with Crippen molar-refractivity contribution in [2.24, 2.45) is 0 Å². The number of hydrogen-bond acceptors (Lipinski definition) is 4. The first kappa shape index (κ1) is 16.2. The molecule has 0 radical (unpaired) electrons. The van der Waals surface area contributed by atoms with Gasteiger partial charge in [-0.05, 0) is 31.0 Å². The van der Waals surface area contributed by atoms with E-state index in [4.69, 9.17) is 4.42 Å². The van der Waals surface area contributed by atoms with Gasteiger partial charge in [-0.3, -0.25) is 0 Å². The number of halogens is 1. The molecule has 1 fully saturated rings. The lowest BCUT2D eigenvalue weighted by Gasteiger charge is -2.20. The van der Waals surface area contributed by atoms with E-state index >= 15 is 0 Å². The summed E-state index contributed by atoms with van der Waals surface area (Å²) in [7, 11) is -3.58. The van der Waals surface area contributed by atoms with E-state index in [-0.39, 0.29) is 4.90 Å². The molecule has 1 aliphatic carbocycles. The molecule has 0 unspecified atom stereocenters. The molecule has 4 nitrogen and oxygen atoms in total. The van der Waals surface area contributed by atoms with Crippen LogP contribution in [0.1, 0.15) is 49.6 Å². The number of benzene rings is 1. The largest absolute Gasteiger partial charge is 0.441 e. The lowest BCUT2D eigenvalue weighted by molar-refractivity contribution is 0.436. The third-order valence-electron chi connectivity index (χ3n) is 4.35. The quantitative estimate of drug-likeness (QED) is 0.840. The van der Waals surface area contributed by atoms with Gasteiger partial charge in [0.15, 0.2) is 21.5 Å². The van der Waals surface area contributed by atoms with Crippen LogP contribution in [0.15, 0.2) is 27.5 Å². The molecular formula is C17H20FNO3S. The minimum Gasteiger partial charge on any atom is -0.441 e. The first-order valence-electron chi connectivity index (χ1n) is 7.83. The Balaban J connectivity index is 2.04. The maximum atomic E-state index is 14.2. The highest BCUT2D eigenvalue weighted by atomic mass is 32.2. The summed E-state index contributed by atoms with van der Waals surface area (Å²) >= 11 is 0. The molecular weight excluding hydrogens is 317 g/mol. The SMILES string of the molecule is Cc1nc(C2CCCCC2)c(-c2ccc(S(C)(=O)=O)c(F)c2)o1. The maximum absolute atomic E-state index is 14.2. The Morgan fingerprint density at radius 3 is 2.52 bits per heavy atom. The number of oxazole rings is 1. The number of nitrogens with zero attached hydrogens (tertiary/aromatic N) is 1. The van der Waals surface area contributed by atoms with Gasteiger partial charge in [0.25, 0.3) is 0 Å². The highest BCUT2D eigenvalue weighted by Gasteiger charge is 2.25. The molecule has 0 aliphatic heterocycles. The Hall–Kier alpha value is -1.69. The second kappa shape index (κ2) is 6.07. The molecule has 0 saturated heterocycles. The second-order valence-corrected chi connectivity index (χ2v) is 8.18. The molecule has 124 valence electrons. The van der Waals surface area contributed by atoms with Gasteiger partial charge < -0.3 is 4.42 Å². The highest BCUT2D eigenvalue weighted by molar-refractivity contribution is 7.90. The van der Waals surface area contributed by atoms with Gasteiger partial charge in [-0.2, -0.15) is 0 Å². The van der Waals surface area contributed by atoms with E-state index in [2.05, 4.69) is 4.98 Å². The third kappa shape index (κ3) is 3.32. The topological polar surface area (TPSA) is 60.2 Å². The summed E-state index contributed by atoms with van der Waals surface area (Å²) in [6.07, 6.45) is 6.68. The molecule has 0 N–H and O–H groups in total. The summed E-state index contributed by atoms with van der Waals surface area (Å²) < 4.78 is 43.0. The van der Waals surface area contributed by atoms with Crippen molar-refractivity contribution < 1.29 is 17.2 Å². The summed E-state index contributed by atoms with van der Waals surface area (Å²) in [4.78, 5) is 4.21. The van der Waals surface area contributed by atoms with Gasteiger partial charge >= 0.3 is 0 Å². The first-order chi connectivity index (χ1) is 10.9. The van der Waals surface area contributed by atoms with Crippen LogP contribution in [0.5, 0.6) is 0 Å². The van der Waals surface area contributed by atoms with E-state index in [1.54, 1.807) is 13.0 Å². The van der Waals surface area contributed by atoms with Crippen LogP contribution in [0.4, 0.5) is 4.39 Å². The second-order valence-electron chi connectivity index (χ2n) is 6.20. The molecule has 23 heavy (non-hydrogen) atoms. The molecule has 6 heteroatoms. The zero-order valence-corrected chi connectivity index (χ0v) is 14.1. The van der Waals surface area contributed by atoms with Crippen LogP contribution in [-0.4, -0.2) is 19.7 Å². The molecule has 2 aromatic rings. The van der Waals surface area contributed by atoms with E-state index in [9.17, 15) is 12.8 Å². The number of rotatable bonds is 3. The van der Waals surface area contributed by atoms with Crippen molar-refractivity contribution in [2.45, 2.75) is 49.8 Å². The monoisotopic (exact) mass is 337 g/mol. The Bertz CT molecular complexity index is 820. The molecule has 0 bridgehead atoms. The van der Waals surface area contributed by atoms with Crippen molar-refractivity contribution in [1.29, 1.82) is 0 Å². The van der Waals surface area contributed by atoms with Gasteiger partial charge in [0.05, 0.1) is 5.69 Å². The van der Waals surface area contributed by atoms with Gasteiger partial charge in [0.1, 0.15) is 10.7 Å². The lowest BCUT2D eigenvalue weighted by Crippen LogP contribution is -2.06.